The van der Waals surface area contributed by atoms with Crippen molar-refractivity contribution in [2.45, 2.75) is 38.9 Å². The van der Waals surface area contributed by atoms with Crippen LogP contribution in [0.4, 0.5) is 0 Å². The van der Waals surface area contributed by atoms with Gasteiger partial charge < -0.3 is 14.8 Å². The Balaban J connectivity index is 1.45. The number of carbonyl (C=O) groups excluding carboxylic acids is 1. The highest BCUT2D eigenvalue weighted by Gasteiger charge is 2.30. The molecule has 8 heteroatoms. The number of hydrogen-bond acceptors (Lipinski definition) is 5. The Hall–Kier alpha value is -1.64. The van der Waals surface area contributed by atoms with Gasteiger partial charge in [0.1, 0.15) is 5.75 Å². The summed E-state index contributed by atoms with van der Waals surface area (Å²) in [5.74, 6) is 1.01. The van der Waals surface area contributed by atoms with E-state index in [4.69, 9.17) is 9.47 Å². The van der Waals surface area contributed by atoms with Gasteiger partial charge in [0.15, 0.2) is 0 Å². The van der Waals surface area contributed by atoms with Gasteiger partial charge in [0.2, 0.25) is 10.0 Å². The molecule has 0 aromatic heterocycles. The first-order valence-corrected chi connectivity index (χ1v) is 11.1. The molecular formula is C19H28N2O5S. The lowest BCUT2D eigenvalue weighted by Gasteiger charge is -2.34. The summed E-state index contributed by atoms with van der Waals surface area (Å²) in [7, 11) is -3.42. The normalized spacial score (nSPS) is 23.8. The minimum Gasteiger partial charge on any atom is -0.493 e. The molecule has 1 aromatic rings. The lowest BCUT2D eigenvalue weighted by atomic mass is 10.2. The minimum atomic E-state index is -3.42. The molecule has 27 heavy (non-hydrogen) atoms. The predicted octanol–water partition coefficient (Wildman–Crippen LogP) is 1.64. The largest absolute Gasteiger partial charge is 0.493 e. The lowest BCUT2D eigenvalue weighted by Crippen LogP contribution is -2.49. The van der Waals surface area contributed by atoms with Gasteiger partial charge in [-0.3, -0.25) is 4.79 Å². The van der Waals surface area contributed by atoms with Crippen molar-refractivity contribution in [3.63, 3.8) is 0 Å². The second-order valence-corrected chi connectivity index (χ2v) is 9.51. The number of nitrogens with zero attached hydrogens (tertiary/aromatic N) is 1. The summed E-state index contributed by atoms with van der Waals surface area (Å²) < 4.78 is 37.6. The molecule has 2 aliphatic rings. The first-order chi connectivity index (χ1) is 12.8. The maximum Gasteiger partial charge on any atom is 0.251 e. The second-order valence-electron chi connectivity index (χ2n) is 7.42. The van der Waals surface area contributed by atoms with Crippen LogP contribution in [0.25, 0.3) is 0 Å². The minimum absolute atomic E-state index is 0.0707. The molecule has 1 saturated carbocycles. The van der Waals surface area contributed by atoms with Crippen molar-refractivity contribution < 1.29 is 22.7 Å². The van der Waals surface area contributed by atoms with Gasteiger partial charge in [0.05, 0.1) is 24.6 Å². The Morgan fingerprint density at radius 3 is 2.41 bits per heavy atom. The van der Waals surface area contributed by atoms with Crippen molar-refractivity contribution in [2.24, 2.45) is 5.92 Å². The third kappa shape index (κ3) is 5.92. The van der Waals surface area contributed by atoms with E-state index < -0.39 is 10.0 Å². The average Bonchev–Trinajstić information content (AvgIpc) is 3.44. The van der Waals surface area contributed by atoms with Crippen LogP contribution in [0.1, 0.15) is 37.0 Å². The summed E-state index contributed by atoms with van der Waals surface area (Å²) in [5, 5.41) is 2.68. The molecule has 2 unspecified atom stereocenters. The van der Waals surface area contributed by atoms with Gasteiger partial charge in [0, 0.05) is 25.2 Å². The van der Waals surface area contributed by atoms with Crippen molar-refractivity contribution in [3.8, 4) is 5.75 Å². The van der Waals surface area contributed by atoms with E-state index >= 15 is 0 Å². The van der Waals surface area contributed by atoms with Crippen molar-refractivity contribution >= 4 is 15.9 Å². The highest BCUT2D eigenvalue weighted by molar-refractivity contribution is 7.89. The maximum absolute atomic E-state index is 12.5. The van der Waals surface area contributed by atoms with Crippen LogP contribution in [-0.2, 0) is 14.8 Å². The van der Waals surface area contributed by atoms with Crippen molar-refractivity contribution in [1.82, 2.24) is 9.62 Å². The number of rotatable bonds is 8. The van der Waals surface area contributed by atoms with Gasteiger partial charge in [-0.05, 0) is 56.9 Å². The van der Waals surface area contributed by atoms with Crippen LogP contribution < -0.4 is 10.1 Å². The third-order valence-electron chi connectivity index (χ3n) is 4.72. The fourth-order valence-electron chi connectivity index (χ4n) is 3.08. The van der Waals surface area contributed by atoms with E-state index in [0.717, 1.165) is 12.4 Å². The van der Waals surface area contributed by atoms with Gasteiger partial charge in [-0.25, -0.2) is 8.42 Å². The van der Waals surface area contributed by atoms with Crippen LogP contribution in [-0.4, -0.2) is 62.8 Å². The zero-order valence-corrected chi connectivity index (χ0v) is 16.7. The van der Waals surface area contributed by atoms with Crippen LogP contribution in [0.2, 0.25) is 0 Å². The van der Waals surface area contributed by atoms with E-state index in [2.05, 4.69) is 5.32 Å². The Kier molecular flexibility index (Phi) is 6.39. The van der Waals surface area contributed by atoms with Gasteiger partial charge in [0.25, 0.3) is 5.91 Å². The smallest absolute Gasteiger partial charge is 0.251 e. The zero-order chi connectivity index (χ0) is 19.4. The fraction of sp³-hybridized carbons (Fsp3) is 0.632. The molecule has 1 aromatic carbocycles. The molecule has 1 amide bonds. The van der Waals surface area contributed by atoms with Gasteiger partial charge >= 0.3 is 0 Å². The number of carbonyl (C=O) groups is 1. The number of ether oxygens (including phenoxy) is 2. The maximum atomic E-state index is 12.5. The average molecular weight is 397 g/mol. The monoisotopic (exact) mass is 396 g/mol. The van der Waals surface area contributed by atoms with Crippen LogP contribution in [0.15, 0.2) is 24.3 Å². The van der Waals surface area contributed by atoms with E-state index in [1.165, 1.54) is 17.1 Å². The molecule has 0 spiro atoms. The Labute approximate surface area is 161 Å². The summed E-state index contributed by atoms with van der Waals surface area (Å²) in [6, 6.07) is 6.92. The summed E-state index contributed by atoms with van der Waals surface area (Å²) in [6.07, 6.45) is 2.20. The van der Waals surface area contributed by atoms with Crippen LogP contribution in [0.3, 0.4) is 0 Å². The van der Waals surface area contributed by atoms with Crippen LogP contribution >= 0.6 is 0 Å². The Bertz CT molecular complexity index is 736. The van der Waals surface area contributed by atoms with Gasteiger partial charge in [-0.2, -0.15) is 4.31 Å². The highest BCUT2D eigenvalue weighted by atomic mass is 32.2. The number of sulfonamides is 1. The third-order valence-corrected chi connectivity index (χ3v) is 6.53. The summed E-state index contributed by atoms with van der Waals surface area (Å²) >= 11 is 0. The van der Waals surface area contributed by atoms with Gasteiger partial charge in [-0.1, -0.05) is 0 Å². The summed E-state index contributed by atoms with van der Waals surface area (Å²) in [6.45, 7) is 5.21. The van der Waals surface area contributed by atoms with Crippen molar-refractivity contribution in [2.75, 3.05) is 32.0 Å². The molecule has 1 aliphatic carbocycles. The topological polar surface area (TPSA) is 84.9 Å². The highest BCUT2D eigenvalue weighted by Crippen LogP contribution is 2.29. The number of nitrogens with one attached hydrogen (secondary N) is 1. The first kappa shape index (κ1) is 20.1. The molecule has 1 heterocycles. The molecule has 1 N–H and O–H groups in total. The molecule has 7 nitrogen and oxygen atoms in total. The van der Waals surface area contributed by atoms with E-state index in [9.17, 15) is 13.2 Å². The van der Waals surface area contributed by atoms with Crippen molar-refractivity contribution in [1.29, 1.82) is 0 Å². The molecule has 3 rings (SSSR count). The molecule has 1 saturated heterocycles. The van der Waals surface area contributed by atoms with Crippen molar-refractivity contribution in [3.05, 3.63) is 29.8 Å². The number of amides is 1. The number of morpholine rings is 1. The number of hydrogen-bond donors (Lipinski definition) is 1. The molecule has 2 atom stereocenters. The fourth-order valence-corrected chi connectivity index (χ4v) is 4.58. The van der Waals surface area contributed by atoms with E-state index in [-0.39, 0.29) is 30.4 Å². The van der Waals surface area contributed by atoms with E-state index in [1.54, 1.807) is 24.3 Å². The SMILES string of the molecule is CC1CN(S(=O)(=O)CCNC(=O)c2ccc(OCC3CC3)cc2)CC(C)O1. The van der Waals surface area contributed by atoms with Crippen LogP contribution in [0.5, 0.6) is 5.75 Å². The summed E-state index contributed by atoms with van der Waals surface area (Å²) in [5.41, 5.74) is 0.486. The zero-order valence-electron chi connectivity index (χ0n) is 15.9. The first-order valence-electron chi connectivity index (χ1n) is 9.48. The van der Waals surface area contributed by atoms with E-state index in [0.29, 0.717) is 24.6 Å². The van der Waals surface area contributed by atoms with E-state index in [1.807, 2.05) is 13.8 Å². The standard InChI is InChI=1S/C19H28N2O5S/c1-14-11-21(12-15(2)26-14)27(23,24)10-9-20-19(22)17-5-7-18(8-6-17)25-13-16-3-4-16/h5-8,14-16H,3-4,9-13H2,1-2H3,(H,20,22). The predicted molar refractivity (Wildman–Crippen MR) is 102 cm³/mol. The molecule has 0 radical (unpaired) electrons. The van der Waals surface area contributed by atoms with Crippen LogP contribution in [0, 0.1) is 5.92 Å². The Morgan fingerprint density at radius 2 is 1.81 bits per heavy atom. The molecule has 150 valence electrons. The Morgan fingerprint density at radius 1 is 1.19 bits per heavy atom. The summed E-state index contributed by atoms with van der Waals surface area (Å²) in [4.78, 5) is 12.2. The lowest BCUT2D eigenvalue weighted by molar-refractivity contribution is -0.0440. The molecule has 0 bridgehead atoms. The molecular weight excluding hydrogens is 368 g/mol. The van der Waals surface area contributed by atoms with Gasteiger partial charge in [-0.15, -0.1) is 0 Å². The molecule has 1 aliphatic heterocycles. The quantitative estimate of drug-likeness (QED) is 0.722. The molecule has 2 fully saturated rings. The number of benzene rings is 1. The second kappa shape index (κ2) is 8.58.